The molecular weight excluding hydrogens is 336 g/mol. The number of fused-ring (bicyclic) bond motifs is 1. The van der Waals surface area contributed by atoms with Crippen LogP contribution in [0.5, 0.6) is 0 Å². The lowest BCUT2D eigenvalue weighted by Gasteiger charge is -2.21. The molecule has 3 aromatic rings. The van der Waals surface area contributed by atoms with Gasteiger partial charge in [0.2, 0.25) is 0 Å². The van der Waals surface area contributed by atoms with Gasteiger partial charge in [0.25, 0.3) is 5.91 Å². The van der Waals surface area contributed by atoms with Crippen molar-refractivity contribution in [2.75, 3.05) is 13.1 Å². The van der Waals surface area contributed by atoms with Crippen LogP contribution in [0.3, 0.4) is 0 Å². The highest BCUT2D eigenvalue weighted by molar-refractivity contribution is 6.07. The Morgan fingerprint density at radius 2 is 2.07 bits per heavy atom. The van der Waals surface area contributed by atoms with Crippen molar-refractivity contribution in [3.63, 3.8) is 0 Å². The predicted octanol–water partition coefficient (Wildman–Crippen LogP) is 4.30. The van der Waals surface area contributed by atoms with Gasteiger partial charge in [0, 0.05) is 36.8 Å². The summed E-state index contributed by atoms with van der Waals surface area (Å²) in [6.07, 6.45) is 4.84. The Hall–Kier alpha value is -2.69. The van der Waals surface area contributed by atoms with Crippen molar-refractivity contribution in [3.05, 3.63) is 47.8 Å². The number of amides is 1. The molecule has 4 rings (SSSR count). The maximum Gasteiger partial charge on any atom is 0.254 e. The Bertz CT molecular complexity index is 1020. The first-order valence-corrected chi connectivity index (χ1v) is 9.60. The molecule has 1 aromatic carbocycles. The lowest BCUT2D eigenvalue weighted by atomic mass is 9.93. The third-order valence-electron chi connectivity index (χ3n) is 5.41. The average molecular weight is 362 g/mol. The van der Waals surface area contributed by atoms with Crippen LogP contribution in [0, 0.1) is 12.3 Å². The summed E-state index contributed by atoms with van der Waals surface area (Å²) in [7, 11) is 0. The smallest absolute Gasteiger partial charge is 0.254 e. The minimum Gasteiger partial charge on any atom is -0.338 e. The van der Waals surface area contributed by atoms with Crippen molar-refractivity contribution in [2.45, 2.75) is 40.7 Å². The zero-order valence-corrected chi connectivity index (χ0v) is 16.5. The Morgan fingerprint density at radius 1 is 1.26 bits per heavy atom. The molecule has 0 aliphatic carbocycles. The van der Waals surface area contributed by atoms with E-state index in [1.807, 2.05) is 53.2 Å². The molecule has 1 aliphatic heterocycles. The van der Waals surface area contributed by atoms with Gasteiger partial charge in [-0.2, -0.15) is 5.10 Å². The number of benzene rings is 1. The maximum atomic E-state index is 13.4. The van der Waals surface area contributed by atoms with Gasteiger partial charge < -0.3 is 4.90 Å². The van der Waals surface area contributed by atoms with Crippen LogP contribution in [0.25, 0.3) is 22.2 Å². The maximum absolute atomic E-state index is 13.4. The number of carbonyl (C=O) groups excluding carboxylic acids is 1. The molecule has 0 saturated carbocycles. The molecule has 5 nitrogen and oxygen atoms in total. The van der Waals surface area contributed by atoms with Crippen LogP contribution in [0.1, 0.15) is 43.1 Å². The number of hydrogen-bond donors (Lipinski definition) is 0. The third-order valence-corrected chi connectivity index (χ3v) is 5.41. The van der Waals surface area contributed by atoms with Gasteiger partial charge in [-0.3, -0.25) is 9.48 Å². The summed E-state index contributed by atoms with van der Waals surface area (Å²) in [4.78, 5) is 20.2. The highest BCUT2D eigenvalue weighted by atomic mass is 16.2. The van der Waals surface area contributed by atoms with Gasteiger partial charge in [-0.1, -0.05) is 26.0 Å². The van der Waals surface area contributed by atoms with Crippen molar-refractivity contribution in [2.24, 2.45) is 5.41 Å². The standard InChI is InChI=1S/C22H26N4O/c1-5-26-13-16(12-23-26)19-11-18(17-7-6-15(2)10-20(17)24-19)21(27)25-9-8-22(3,4)14-25/h6-7,10-13H,5,8-9,14H2,1-4H3. The minimum atomic E-state index is 0.0981. The average Bonchev–Trinajstić information content (AvgIpc) is 3.26. The molecule has 0 unspecified atom stereocenters. The molecule has 1 aliphatic rings. The Kier molecular flexibility index (Phi) is 4.25. The van der Waals surface area contributed by atoms with Crippen LogP contribution < -0.4 is 0 Å². The van der Waals surface area contributed by atoms with E-state index in [0.717, 1.165) is 59.3 Å². The quantitative estimate of drug-likeness (QED) is 0.698. The molecule has 2 aromatic heterocycles. The summed E-state index contributed by atoms with van der Waals surface area (Å²) < 4.78 is 1.88. The van der Waals surface area contributed by atoms with Crippen LogP contribution in [0.2, 0.25) is 0 Å². The predicted molar refractivity (Wildman–Crippen MR) is 108 cm³/mol. The van der Waals surface area contributed by atoms with Crippen molar-refractivity contribution < 1.29 is 4.79 Å². The summed E-state index contributed by atoms with van der Waals surface area (Å²) in [5.74, 6) is 0.0981. The molecule has 27 heavy (non-hydrogen) atoms. The van der Waals surface area contributed by atoms with Gasteiger partial charge in [0.1, 0.15) is 0 Å². The SMILES string of the molecule is CCn1cc(-c2cc(C(=O)N3CCC(C)(C)C3)c3ccc(C)cc3n2)cn1. The molecule has 0 spiro atoms. The molecule has 1 amide bonds. The lowest BCUT2D eigenvalue weighted by molar-refractivity contribution is 0.0780. The van der Waals surface area contributed by atoms with Gasteiger partial charge >= 0.3 is 0 Å². The second kappa shape index (κ2) is 6.48. The summed E-state index contributed by atoms with van der Waals surface area (Å²) in [5, 5.41) is 5.28. The fourth-order valence-electron chi connectivity index (χ4n) is 3.79. The highest BCUT2D eigenvalue weighted by Gasteiger charge is 2.33. The number of carbonyl (C=O) groups is 1. The van der Waals surface area contributed by atoms with E-state index < -0.39 is 0 Å². The Morgan fingerprint density at radius 3 is 2.74 bits per heavy atom. The van der Waals surface area contributed by atoms with E-state index in [1.54, 1.807) is 0 Å². The summed E-state index contributed by atoms with van der Waals surface area (Å²) in [6.45, 7) is 11.0. The normalized spacial score (nSPS) is 16.2. The molecular formula is C22H26N4O. The number of hydrogen-bond acceptors (Lipinski definition) is 3. The number of pyridine rings is 1. The molecule has 1 saturated heterocycles. The number of rotatable bonds is 3. The van der Waals surface area contributed by atoms with Crippen LogP contribution in [0.4, 0.5) is 0 Å². The van der Waals surface area contributed by atoms with E-state index in [2.05, 4.69) is 25.9 Å². The first kappa shape index (κ1) is 17.7. The molecule has 0 radical (unpaired) electrons. The summed E-state index contributed by atoms with van der Waals surface area (Å²) in [6, 6.07) is 8.05. The molecule has 0 atom stereocenters. The topological polar surface area (TPSA) is 51.0 Å². The van der Waals surface area contributed by atoms with Crippen LogP contribution >= 0.6 is 0 Å². The highest BCUT2D eigenvalue weighted by Crippen LogP contribution is 2.32. The van der Waals surface area contributed by atoms with Crippen molar-refractivity contribution in [1.82, 2.24) is 19.7 Å². The molecule has 140 valence electrons. The molecule has 5 heteroatoms. The van der Waals surface area contributed by atoms with E-state index in [0.29, 0.717) is 0 Å². The van der Waals surface area contributed by atoms with Gasteiger partial charge in [0.05, 0.1) is 23.0 Å². The fraction of sp³-hybridized carbons (Fsp3) is 0.409. The summed E-state index contributed by atoms with van der Waals surface area (Å²) >= 11 is 0. The van der Waals surface area contributed by atoms with Gasteiger partial charge in [-0.15, -0.1) is 0 Å². The summed E-state index contributed by atoms with van der Waals surface area (Å²) in [5.41, 5.74) is 4.65. The zero-order chi connectivity index (χ0) is 19.2. The van der Waals surface area contributed by atoms with E-state index in [1.165, 1.54) is 0 Å². The second-order valence-corrected chi connectivity index (χ2v) is 8.30. The number of likely N-dealkylation sites (tertiary alicyclic amines) is 1. The minimum absolute atomic E-state index is 0.0981. The van der Waals surface area contributed by atoms with Gasteiger partial charge in [-0.05, 0) is 43.4 Å². The van der Waals surface area contributed by atoms with E-state index in [4.69, 9.17) is 4.98 Å². The van der Waals surface area contributed by atoms with Crippen LogP contribution in [0.15, 0.2) is 36.7 Å². The van der Waals surface area contributed by atoms with Gasteiger partial charge in [-0.25, -0.2) is 4.98 Å². The van der Waals surface area contributed by atoms with E-state index >= 15 is 0 Å². The van der Waals surface area contributed by atoms with E-state index in [9.17, 15) is 4.79 Å². The van der Waals surface area contributed by atoms with Crippen molar-refractivity contribution in [3.8, 4) is 11.3 Å². The molecule has 3 heterocycles. The number of nitrogens with zero attached hydrogens (tertiary/aromatic N) is 4. The monoisotopic (exact) mass is 362 g/mol. The third kappa shape index (κ3) is 3.34. The first-order valence-electron chi connectivity index (χ1n) is 9.60. The first-order chi connectivity index (χ1) is 12.9. The van der Waals surface area contributed by atoms with Crippen molar-refractivity contribution >= 4 is 16.8 Å². The number of aryl methyl sites for hydroxylation is 2. The van der Waals surface area contributed by atoms with Crippen molar-refractivity contribution in [1.29, 1.82) is 0 Å². The number of aromatic nitrogens is 3. The fourth-order valence-corrected chi connectivity index (χ4v) is 3.79. The van der Waals surface area contributed by atoms with Gasteiger partial charge in [0.15, 0.2) is 0 Å². The second-order valence-electron chi connectivity index (χ2n) is 8.30. The Balaban J connectivity index is 1.84. The Labute approximate surface area is 160 Å². The molecule has 0 bridgehead atoms. The molecule has 1 fully saturated rings. The molecule has 0 N–H and O–H groups in total. The largest absolute Gasteiger partial charge is 0.338 e. The zero-order valence-electron chi connectivity index (χ0n) is 16.5. The van der Waals surface area contributed by atoms with Crippen LogP contribution in [-0.4, -0.2) is 38.7 Å². The van der Waals surface area contributed by atoms with E-state index in [-0.39, 0.29) is 11.3 Å². The van der Waals surface area contributed by atoms with Crippen LogP contribution in [-0.2, 0) is 6.54 Å². The lowest BCUT2D eigenvalue weighted by Crippen LogP contribution is -2.30.